The molecule has 7 nitrogen and oxygen atoms in total. The first-order valence-corrected chi connectivity index (χ1v) is 6.69. The van der Waals surface area contributed by atoms with E-state index in [1.807, 2.05) is 31.5 Å². The summed E-state index contributed by atoms with van der Waals surface area (Å²) in [5.41, 5.74) is 5.67. The van der Waals surface area contributed by atoms with Gasteiger partial charge in [0.05, 0.1) is 12.6 Å². The van der Waals surface area contributed by atoms with Gasteiger partial charge >= 0.3 is 0 Å². The lowest BCUT2D eigenvalue weighted by molar-refractivity contribution is -0.127. The lowest BCUT2D eigenvalue weighted by Crippen LogP contribution is -2.47. The van der Waals surface area contributed by atoms with Gasteiger partial charge in [-0.15, -0.1) is 0 Å². The van der Waals surface area contributed by atoms with Crippen molar-refractivity contribution in [2.45, 2.75) is 33.4 Å². The molecule has 2 amide bonds. The molecule has 20 heavy (non-hydrogen) atoms. The van der Waals surface area contributed by atoms with Gasteiger partial charge in [0.1, 0.15) is 5.82 Å². The Morgan fingerprint density at radius 1 is 1.40 bits per heavy atom. The molecule has 1 rings (SSSR count). The monoisotopic (exact) mass is 281 g/mol. The van der Waals surface area contributed by atoms with Gasteiger partial charge in [-0.25, -0.2) is 4.98 Å². The lowest BCUT2D eigenvalue weighted by Gasteiger charge is -2.15. The largest absolute Gasteiger partial charge is 0.353 e. The molecular formula is C13H23N5O2. The Labute approximate surface area is 118 Å². The summed E-state index contributed by atoms with van der Waals surface area (Å²) < 4.78 is 1.94. The highest BCUT2D eigenvalue weighted by Gasteiger charge is 2.17. The Kier molecular flexibility index (Phi) is 6.17. The smallest absolute Gasteiger partial charge is 0.239 e. The maximum atomic E-state index is 11.6. The predicted molar refractivity (Wildman–Crippen MR) is 75.8 cm³/mol. The third-order valence-electron chi connectivity index (χ3n) is 3.04. The number of amides is 2. The summed E-state index contributed by atoms with van der Waals surface area (Å²) in [5.74, 6) is 0.408. The number of rotatable bonds is 7. The first-order valence-electron chi connectivity index (χ1n) is 6.69. The molecule has 0 radical (unpaired) electrons. The zero-order chi connectivity index (χ0) is 15.1. The Hall–Kier alpha value is -1.89. The summed E-state index contributed by atoms with van der Waals surface area (Å²) in [6, 6.07) is -0.587. The number of carbonyl (C=O) groups is 2. The van der Waals surface area contributed by atoms with Crippen LogP contribution < -0.4 is 16.4 Å². The molecule has 1 atom stereocenters. The number of hydrogen-bond acceptors (Lipinski definition) is 4. The molecule has 0 aliphatic carbocycles. The fourth-order valence-corrected chi connectivity index (χ4v) is 1.61. The second-order valence-corrected chi connectivity index (χ2v) is 5.01. The highest BCUT2D eigenvalue weighted by molar-refractivity contribution is 5.87. The van der Waals surface area contributed by atoms with E-state index in [0.717, 1.165) is 5.82 Å². The molecule has 112 valence electrons. The van der Waals surface area contributed by atoms with Gasteiger partial charge in [0.2, 0.25) is 11.8 Å². The van der Waals surface area contributed by atoms with E-state index in [9.17, 15) is 9.59 Å². The van der Waals surface area contributed by atoms with Crippen LogP contribution in [-0.4, -0.2) is 40.5 Å². The molecule has 1 aromatic rings. The van der Waals surface area contributed by atoms with Crippen LogP contribution in [0.3, 0.4) is 0 Å². The Bertz CT molecular complexity index is 455. The fraction of sp³-hybridized carbons (Fsp3) is 0.615. The molecule has 1 heterocycles. The van der Waals surface area contributed by atoms with E-state index in [2.05, 4.69) is 15.6 Å². The summed E-state index contributed by atoms with van der Waals surface area (Å²) in [5, 5.41) is 5.25. The van der Waals surface area contributed by atoms with Crippen molar-refractivity contribution in [3.8, 4) is 0 Å². The van der Waals surface area contributed by atoms with Crippen LogP contribution >= 0.6 is 0 Å². The van der Waals surface area contributed by atoms with Gasteiger partial charge in [0.25, 0.3) is 0 Å². The molecule has 0 aliphatic rings. The van der Waals surface area contributed by atoms with Crippen molar-refractivity contribution >= 4 is 11.8 Å². The summed E-state index contributed by atoms with van der Waals surface area (Å²) in [4.78, 5) is 27.2. The minimum Gasteiger partial charge on any atom is -0.353 e. The highest BCUT2D eigenvalue weighted by Crippen LogP contribution is 1.97. The second kappa shape index (κ2) is 7.64. The lowest BCUT2D eigenvalue weighted by atomic mass is 10.1. The first-order chi connectivity index (χ1) is 9.41. The third kappa shape index (κ3) is 5.00. The minimum absolute atomic E-state index is 0.0438. The van der Waals surface area contributed by atoms with Gasteiger partial charge in [-0.2, -0.15) is 0 Å². The molecule has 0 bridgehead atoms. The van der Waals surface area contributed by atoms with Crippen molar-refractivity contribution in [1.82, 2.24) is 20.2 Å². The van der Waals surface area contributed by atoms with Crippen LogP contribution in [0.1, 0.15) is 19.7 Å². The number of carbonyl (C=O) groups excluding carboxylic acids is 2. The zero-order valence-corrected chi connectivity index (χ0v) is 12.2. The number of nitrogens with zero attached hydrogens (tertiary/aromatic N) is 2. The van der Waals surface area contributed by atoms with Gasteiger partial charge in [-0.3, -0.25) is 9.59 Å². The Morgan fingerprint density at radius 2 is 2.10 bits per heavy atom. The van der Waals surface area contributed by atoms with Crippen LogP contribution in [0, 0.1) is 12.8 Å². The summed E-state index contributed by atoms with van der Waals surface area (Å²) in [6.07, 6.45) is 3.57. The van der Waals surface area contributed by atoms with E-state index >= 15 is 0 Å². The number of aryl methyl sites for hydroxylation is 1. The average Bonchev–Trinajstić information content (AvgIpc) is 2.80. The minimum atomic E-state index is -0.587. The van der Waals surface area contributed by atoms with Gasteiger partial charge < -0.3 is 20.9 Å². The number of nitrogens with one attached hydrogen (secondary N) is 2. The molecule has 0 saturated heterocycles. The van der Waals surface area contributed by atoms with Crippen LogP contribution in [0.25, 0.3) is 0 Å². The van der Waals surface area contributed by atoms with Gasteiger partial charge in [0.15, 0.2) is 0 Å². The Morgan fingerprint density at radius 3 is 2.65 bits per heavy atom. The van der Waals surface area contributed by atoms with Crippen molar-refractivity contribution in [2.24, 2.45) is 11.7 Å². The molecule has 0 aliphatic heterocycles. The quantitative estimate of drug-likeness (QED) is 0.621. The molecule has 7 heteroatoms. The van der Waals surface area contributed by atoms with Crippen molar-refractivity contribution in [3.63, 3.8) is 0 Å². The molecule has 4 N–H and O–H groups in total. The van der Waals surface area contributed by atoms with Crippen LogP contribution in [0.15, 0.2) is 12.4 Å². The zero-order valence-electron chi connectivity index (χ0n) is 12.2. The molecule has 0 fully saturated rings. The van der Waals surface area contributed by atoms with Crippen LogP contribution in [0.4, 0.5) is 0 Å². The van der Waals surface area contributed by atoms with Crippen molar-refractivity contribution in [1.29, 1.82) is 0 Å². The van der Waals surface area contributed by atoms with Crippen LogP contribution in [0.5, 0.6) is 0 Å². The van der Waals surface area contributed by atoms with E-state index in [-0.39, 0.29) is 24.3 Å². The predicted octanol–water partition coefficient (Wildman–Crippen LogP) is -0.593. The summed E-state index contributed by atoms with van der Waals surface area (Å²) in [7, 11) is 0. The normalized spacial score (nSPS) is 12.2. The molecule has 0 spiro atoms. The number of aromatic nitrogens is 2. The highest BCUT2D eigenvalue weighted by atomic mass is 16.2. The number of nitrogens with two attached hydrogens (primary N) is 1. The molecule has 1 aromatic heterocycles. The Balaban J connectivity index is 2.21. The maximum Gasteiger partial charge on any atom is 0.239 e. The molecule has 0 saturated carbocycles. The first kappa shape index (κ1) is 16.2. The van der Waals surface area contributed by atoms with E-state index in [1.54, 1.807) is 6.20 Å². The van der Waals surface area contributed by atoms with Crippen LogP contribution in [-0.2, 0) is 16.1 Å². The molecule has 0 aromatic carbocycles. The topological polar surface area (TPSA) is 102 Å². The molecular weight excluding hydrogens is 258 g/mol. The van der Waals surface area contributed by atoms with Gasteiger partial charge in [-0.1, -0.05) is 13.8 Å². The fourth-order valence-electron chi connectivity index (χ4n) is 1.61. The van der Waals surface area contributed by atoms with E-state index in [4.69, 9.17) is 5.73 Å². The standard InChI is InChI=1S/C13H23N5O2/c1-9(2)12(14)13(20)17-8-11(19)16-5-7-18-6-4-15-10(18)3/h4,6,9,12H,5,7-8,14H2,1-3H3,(H,16,19)(H,17,20)/t12-/m0/s1. The average molecular weight is 281 g/mol. The van der Waals surface area contributed by atoms with Gasteiger partial charge in [0, 0.05) is 25.5 Å². The van der Waals surface area contributed by atoms with Crippen molar-refractivity contribution in [2.75, 3.05) is 13.1 Å². The summed E-state index contributed by atoms with van der Waals surface area (Å²) >= 11 is 0. The third-order valence-corrected chi connectivity index (χ3v) is 3.04. The van der Waals surface area contributed by atoms with Crippen molar-refractivity contribution < 1.29 is 9.59 Å². The maximum absolute atomic E-state index is 11.6. The van der Waals surface area contributed by atoms with Crippen LogP contribution in [0.2, 0.25) is 0 Å². The summed E-state index contributed by atoms with van der Waals surface area (Å²) in [6.45, 7) is 6.70. The van der Waals surface area contributed by atoms with E-state index in [1.165, 1.54) is 0 Å². The van der Waals surface area contributed by atoms with E-state index < -0.39 is 6.04 Å². The van der Waals surface area contributed by atoms with Crippen molar-refractivity contribution in [3.05, 3.63) is 18.2 Å². The van der Waals surface area contributed by atoms with E-state index in [0.29, 0.717) is 13.1 Å². The second-order valence-electron chi connectivity index (χ2n) is 5.01. The number of imidazole rings is 1. The van der Waals surface area contributed by atoms with Gasteiger partial charge in [-0.05, 0) is 12.8 Å². The SMILES string of the molecule is Cc1nccn1CCNC(=O)CNC(=O)[C@@H](N)C(C)C. The molecule has 0 unspecified atom stereocenters. The number of hydrogen-bond donors (Lipinski definition) is 3.